The molecule has 0 radical (unpaired) electrons. The Balaban J connectivity index is -0.000000189. The minimum absolute atomic E-state index is 0. The van der Waals surface area contributed by atoms with Crippen molar-refractivity contribution in [3.8, 4) is 0 Å². The van der Waals surface area contributed by atoms with E-state index in [1.54, 1.807) is 25.9 Å². The second-order valence-electron chi connectivity index (χ2n) is 9.96. The SMILES string of the molecule is CC(C)(C)OC(=O)CBr.CC(C)(C)OC(=O)Cn1nc(C(N)=O)cc1C(F)(F)F.NC(=O)c1cc(C(F)(F)F)[nH]n1.O=CO[O-].[H-].[K+].[K+]. The summed E-state index contributed by atoms with van der Waals surface area (Å²) in [5.74, 6) is -3.23. The number of primary amides is 2. The van der Waals surface area contributed by atoms with E-state index >= 15 is 0 Å². The molecule has 0 aliphatic heterocycles. The molecular weight excluding hydrogens is 776 g/mol. The van der Waals surface area contributed by atoms with Gasteiger partial charge in [0, 0.05) is 12.1 Å². The predicted molar refractivity (Wildman–Crippen MR) is 142 cm³/mol. The Labute approximate surface area is 358 Å². The number of aromatic amines is 1. The Kier molecular flexibility index (Phi) is 26.4. The monoisotopic (exact) mass is 806 g/mol. The second kappa shape index (κ2) is 23.5. The molecule has 0 spiro atoms. The van der Waals surface area contributed by atoms with Crippen molar-refractivity contribution in [1.29, 1.82) is 0 Å². The van der Waals surface area contributed by atoms with Crippen LogP contribution in [0.3, 0.4) is 0 Å². The summed E-state index contributed by atoms with van der Waals surface area (Å²) in [7, 11) is 0. The molecule has 0 saturated heterocycles. The summed E-state index contributed by atoms with van der Waals surface area (Å²) in [5, 5.41) is 16.8. The van der Waals surface area contributed by atoms with Crippen molar-refractivity contribution in [1.82, 2.24) is 20.0 Å². The summed E-state index contributed by atoms with van der Waals surface area (Å²) in [6, 6.07) is 1.05. The van der Waals surface area contributed by atoms with Crippen LogP contribution < -0.4 is 119 Å². The van der Waals surface area contributed by atoms with Crippen LogP contribution in [0.2, 0.25) is 0 Å². The summed E-state index contributed by atoms with van der Waals surface area (Å²) in [5.41, 5.74) is 5.04. The molecule has 24 heteroatoms. The fraction of sp³-hybridized carbons (Fsp3) is 0.522. The number of ether oxygens (including phenoxy) is 2. The van der Waals surface area contributed by atoms with Gasteiger partial charge in [-0.2, -0.15) is 36.5 Å². The average molecular weight is 808 g/mol. The van der Waals surface area contributed by atoms with Crippen LogP contribution in [-0.4, -0.2) is 66.7 Å². The Morgan fingerprint density at radius 1 is 0.894 bits per heavy atom. The van der Waals surface area contributed by atoms with Gasteiger partial charge in [0.05, 0.1) is 0 Å². The Morgan fingerprint density at radius 2 is 1.32 bits per heavy atom. The third-order valence-electron chi connectivity index (χ3n) is 3.73. The Hall–Kier alpha value is -0.937. The molecule has 0 saturated carbocycles. The van der Waals surface area contributed by atoms with Crippen molar-refractivity contribution >= 4 is 46.2 Å². The van der Waals surface area contributed by atoms with E-state index in [1.165, 1.54) is 0 Å². The molecule has 2 amide bonds. The van der Waals surface area contributed by atoms with Gasteiger partial charge in [-0.15, -0.1) is 0 Å². The summed E-state index contributed by atoms with van der Waals surface area (Å²) in [4.78, 5) is 54.5. The van der Waals surface area contributed by atoms with Crippen LogP contribution in [0.5, 0.6) is 0 Å². The number of hydrogen-bond acceptors (Lipinski definition) is 11. The van der Waals surface area contributed by atoms with Crippen molar-refractivity contribution in [2.45, 2.75) is 71.6 Å². The minimum Gasteiger partial charge on any atom is -1.00 e. The van der Waals surface area contributed by atoms with Crippen molar-refractivity contribution < 1.29 is 174 Å². The van der Waals surface area contributed by atoms with Crippen molar-refractivity contribution in [3.63, 3.8) is 0 Å². The predicted octanol–water partition coefficient (Wildman–Crippen LogP) is -3.85. The van der Waals surface area contributed by atoms with Gasteiger partial charge in [0.1, 0.15) is 40.2 Å². The summed E-state index contributed by atoms with van der Waals surface area (Å²) in [6.07, 6.45) is -9.29. The van der Waals surface area contributed by atoms with Crippen LogP contribution in [0.1, 0.15) is 75.3 Å². The molecule has 15 nitrogen and oxygen atoms in total. The topological polar surface area (TPSA) is 235 Å². The maximum Gasteiger partial charge on any atom is 1.00 e. The summed E-state index contributed by atoms with van der Waals surface area (Å²) in [6.45, 7) is 9.31. The first-order valence-electron chi connectivity index (χ1n) is 11.8. The van der Waals surface area contributed by atoms with E-state index in [0.717, 1.165) is 0 Å². The molecule has 2 aromatic heterocycles. The maximum absolute atomic E-state index is 12.7. The van der Waals surface area contributed by atoms with Crippen molar-refractivity contribution in [3.05, 3.63) is 34.9 Å². The number of aromatic nitrogens is 4. The number of esters is 2. The number of nitrogens with one attached hydrogen (secondary N) is 1. The van der Waals surface area contributed by atoms with E-state index in [9.17, 15) is 45.5 Å². The summed E-state index contributed by atoms with van der Waals surface area (Å²) >= 11 is 2.99. The number of rotatable bonds is 6. The molecule has 2 heterocycles. The molecular formula is C23H31BrF6K2N6O9. The van der Waals surface area contributed by atoms with Crippen LogP contribution in [0, 0.1) is 0 Å². The number of carbonyl (C=O) groups excluding carboxylic acids is 5. The molecule has 0 aliphatic carbocycles. The van der Waals surface area contributed by atoms with E-state index < -0.39 is 65.1 Å². The molecule has 2 aromatic rings. The number of hydrogen-bond donors (Lipinski definition) is 3. The van der Waals surface area contributed by atoms with Gasteiger partial charge in [0.2, 0.25) is 0 Å². The number of alkyl halides is 7. The zero-order valence-electron chi connectivity index (χ0n) is 27.5. The zero-order valence-corrected chi connectivity index (χ0v) is 34.3. The average Bonchev–Trinajstić information content (AvgIpc) is 3.51. The number of amides is 2. The fourth-order valence-electron chi connectivity index (χ4n) is 2.34. The van der Waals surface area contributed by atoms with Crippen LogP contribution in [0.25, 0.3) is 0 Å². The van der Waals surface area contributed by atoms with Gasteiger partial charge in [-0.1, -0.05) is 15.9 Å². The van der Waals surface area contributed by atoms with Gasteiger partial charge in [0.25, 0.3) is 18.3 Å². The minimum atomic E-state index is -4.76. The first-order valence-corrected chi connectivity index (χ1v) is 12.9. The Bertz CT molecular complexity index is 1300. The van der Waals surface area contributed by atoms with Crippen molar-refractivity contribution in [2.75, 3.05) is 5.33 Å². The fourth-order valence-corrected chi connectivity index (χ4v) is 2.46. The molecule has 0 unspecified atom stereocenters. The largest absolute Gasteiger partial charge is 1.00 e. The normalized spacial score (nSPS) is 10.8. The van der Waals surface area contributed by atoms with E-state index in [-0.39, 0.29) is 128 Å². The number of nitrogens with two attached hydrogens (primary N) is 2. The van der Waals surface area contributed by atoms with Gasteiger partial charge in [0.15, 0.2) is 5.69 Å². The van der Waals surface area contributed by atoms with Crippen LogP contribution in [-0.2, 0) is 47.6 Å². The van der Waals surface area contributed by atoms with Crippen molar-refractivity contribution in [2.24, 2.45) is 11.5 Å². The molecule has 0 bridgehead atoms. The molecule has 0 aliphatic rings. The molecule has 2 rings (SSSR count). The third kappa shape index (κ3) is 25.7. The van der Waals surface area contributed by atoms with Gasteiger partial charge < -0.3 is 32.5 Å². The second-order valence-corrected chi connectivity index (χ2v) is 10.5. The summed E-state index contributed by atoms with van der Waals surface area (Å²) < 4.78 is 83.9. The third-order valence-corrected chi connectivity index (χ3v) is 4.18. The van der Waals surface area contributed by atoms with E-state index in [2.05, 4.69) is 36.7 Å². The van der Waals surface area contributed by atoms with E-state index in [0.29, 0.717) is 16.8 Å². The molecule has 47 heavy (non-hydrogen) atoms. The van der Waals surface area contributed by atoms with Crippen LogP contribution in [0.4, 0.5) is 26.3 Å². The first-order chi connectivity index (χ1) is 20.2. The van der Waals surface area contributed by atoms with Crippen LogP contribution >= 0.6 is 15.9 Å². The van der Waals surface area contributed by atoms with Gasteiger partial charge in [-0.3, -0.25) is 29.1 Å². The molecule has 5 N–H and O–H groups in total. The molecule has 258 valence electrons. The van der Waals surface area contributed by atoms with Gasteiger partial charge >= 0.3 is 127 Å². The number of carbonyl (C=O) groups is 5. The van der Waals surface area contributed by atoms with Gasteiger partial charge in [-0.05, 0) is 41.5 Å². The maximum atomic E-state index is 12.7. The first kappa shape index (κ1) is 52.9. The number of nitrogens with zero attached hydrogens (tertiary/aromatic N) is 3. The smallest absolute Gasteiger partial charge is 1.00 e. The standard InChI is InChI=1S/C11H14F3N3O3.C6H11BrO2.C5H4F3N3O.CH2O3.2K.H/c1-10(2,3)20-8(18)5-17-7(11(12,13)14)4-6(16-17)9(15)19;1-6(2,3)9-5(8)4-7;6-5(7,8)3-1-2(4(9)12)10-11-3;2-1-4-3;;;/h4H,5H2,1-3H3,(H2,15,19);4H2,1-3H3;1H,(H2,9,12)(H,10,11);1,3H;;;/q;;;;2*+1;-1/p-1. The van der Waals surface area contributed by atoms with E-state index in [4.69, 9.17) is 25.3 Å². The quantitative estimate of drug-likeness (QED) is 0.0486. The Morgan fingerprint density at radius 3 is 1.57 bits per heavy atom. The van der Waals surface area contributed by atoms with Crippen LogP contribution in [0.15, 0.2) is 12.1 Å². The van der Waals surface area contributed by atoms with E-state index in [1.807, 2.05) is 20.8 Å². The molecule has 0 atom stereocenters. The number of H-pyrrole nitrogens is 1. The zero-order chi connectivity index (χ0) is 36.0. The van der Waals surface area contributed by atoms with Gasteiger partial charge in [-0.25, -0.2) is 4.68 Å². The number of halogens is 7. The molecule has 0 fully saturated rings. The molecule has 0 aromatic carbocycles.